The van der Waals surface area contributed by atoms with Crippen molar-refractivity contribution in [3.8, 4) is 0 Å². The van der Waals surface area contributed by atoms with Gasteiger partial charge in [0.2, 0.25) is 9.84 Å². The van der Waals surface area contributed by atoms with Gasteiger partial charge in [0, 0.05) is 29.7 Å². The smallest absolute Gasteiger partial charge is 0.210 e. The van der Waals surface area contributed by atoms with Crippen molar-refractivity contribution in [2.24, 2.45) is 0 Å². The van der Waals surface area contributed by atoms with Crippen LogP contribution < -0.4 is 4.90 Å². The van der Waals surface area contributed by atoms with Gasteiger partial charge in [0.1, 0.15) is 4.90 Å². The number of aromatic nitrogens is 1. The maximum Gasteiger partial charge on any atom is 0.210 e. The second kappa shape index (κ2) is 7.69. The number of hydrogen-bond acceptors (Lipinski definition) is 5. The zero-order valence-corrected chi connectivity index (χ0v) is 17.6. The van der Waals surface area contributed by atoms with Crippen LogP contribution in [0.2, 0.25) is 15.1 Å². The zero-order valence-electron chi connectivity index (χ0n) is 14.5. The number of hydrogen-bond donors (Lipinski definition) is 0. The lowest BCUT2D eigenvalue weighted by Crippen LogP contribution is -2.37. The van der Waals surface area contributed by atoms with E-state index in [0.717, 1.165) is 0 Å². The van der Waals surface area contributed by atoms with E-state index < -0.39 is 9.84 Å². The monoisotopic (exact) mass is 456 g/mol. The Hall–Kier alpha value is -1.57. The highest BCUT2D eigenvalue weighted by Crippen LogP contribution is 2.38. The number of sulfone groups is 1. The highest BCUT2D eigenvalue weighted by Gasteiger charge is 2.28. The van der Waals surface area contributed by atoms with Gasteiger partial charge in [0.25, 0.3) is 0 Å². The molecule has 4 rings (SSSR count). The number of benzene rings is 2. The molecule has 5 nitrogen and oxygen atoms in total. The summed E-state index contributed by atoms with van der Waals surface area (Å²) >= 11 is 18.1. The fraction of sp³-hybridized carbons (Fsp3) is 0.211. The number of pyridine rings is 1. The maximum absolute atomic E-state index is 13.4. The summed E-state index contributed by atoms with van der Waals surface area (Å²) in [6, 6.07) is 9.51. The van der Waals surface area contributed by atoms with Gasteiger partial charge < -0.3 is 9.64 Å². The van der Waals surface area contributed by atoms with Gasteiger partial charge in [0.05, 0.1) is 39.4 Å². The van der Waals surface area contributed by atoms with Crippen LogP contribution in [-0.4, -0.2) is 39.7 Å². The molecule has 1 aromatic heterocycles. The first-order valence-electron chi connectivity index (χ1n) is 8.49. The van der Waals surface area contributed by atoms with Crippen molar-refractivity contribution in [3.05, 3.63) is 57.7 Å². The fourth-order valence-corrected chi connectivity index (χ4v) is 5.20. The Kier molecular flexibility index (Phi) is 5.42. The number of fused-ring (bicyclic) bond motifs is 1. The summed E-state index contributed by atoms with van der Waals surface area (Å²) in [7, 11) is -3.88. The van der Waals surface area contributed by atoms with Gasteiger partial charge in [-0.1, -0.05) is 34.8 Å². The Labute approximate surface area is 177 Å². The van der Waals surface area contributed by atoms with E-state index in [1.54, 1.807) is 18.2 Å². The molecule has 0 radical (unpaired) electrons. The first kappa shape index (κ1) is 19.7. The van der Waals surface area contributed by atoms with Crippen molar-refractivity contribution in [2.75, 3.05) is 31.2 Å². The largest absolute Gasteiger partial charge is 0.378 e. The van der Waals surface area contributed by atoms with Crippen LogP contribution >= 0.6 is 34.8 Å². The van der Waals surface area contributed by atoms with Crippen LogP contribution in [0.5, 0.6) is 0 Å². The van der Waals surface area contributed by atoms with E-state index in [4.69, 9.17) is 39.5 Å². The van der Waals surface area contributed by atoms with Crippen LogP contribution in [0.15, 0.2) is 52.4 Å². The molecule has 0 bridgehead atoms. The first-order valence-corrected chi connectivity index (χ1v) is 11.1. The highest BCUT2D eigenvalue weighted by atomic mass is 35.5. The number of morpholine rings is 1. The minimum Gasteiger partial charge on any atom is -0.378 e. The van der Waals surface area contributed by atoms with Crippen LogP contribution in [0.3, 0.4) is 0 Å². The molecular weight excluding hydrogens is 443 g/mol. The lowest BCUT2D eigenvalue weighted by molar-refractivity contribution is 0.122. The predicted octanol–water partition coefficient (Wildman–Crippen LogP) is 4.86. The predicted molar refractivity (Wildman–Crippen MR) is 112 cm³/mol. The van der Waals surface area contributed by atoms with Crippen molar-refractivity contribution in [1.29, 1.82) is 0 Å². The molecular formula is C19H15Cl3N2O3S. The number of anilines is 1. The average Bonchev–Trinajstić information content (AvgIpc) is 2.69. The molecule has 3 aromatic rings. The molecule has 0 aliphatic carbocycles. The molecule has 2 heterocycles. The standard InChI is InChI=1S/C19H15Cl3N2O3S/c20-12-1-3-14-17(9-12)23-11-18(19(14)24-5-7-27-8-6-24)28(25,26)13-2-4-15(21)16(22)10-13/h1-4,9-11H,5-8H2. The lowest BCUT2D eigenvalue weighted by Gasteiger charge is -2.31. The van der Waals surface area contributed by atoms with Gasteiger partial charge in [-0.05, 0) is 36.4 Å². The molecule has 146 valence electrons. The normalized spacial score (nSPS) is 15.2. The summed E-state index contributed by atoms with van der Waals surface area (Å²) in [4.78, 5) is 6.53. The van der Waals surface area contributed by atoms with Crippen LogP contribution in [0.25, 0.3) is 10.9 Å². The second-order valence-corrected chi connectivity index (χ2v) is 9.48. The van der Waals surface area contributed by atoms with Gasteiger partial charge in [-0.25, -0.2) is 8.42 Å². The summed E-state index contributed by atoms with van der Waals surface area (Å²) in [6.07, 6.45) is 1.38. The van der Waals surface area contributed by atoms with Crippen molar-refractivity contribution >= 4 is 61.2 Å². The zero-order chi connectivity index (χ0) is 19.9. The van der Waals surface area contributed by atoms with Gasteiger partial charge in [0.15, 0.2) is 0 Å². The van der Waals surface area contributed by atoms with E-state index in [1.165, 1.54) is 24.4 Å². The van der Waals surface area contributed by atoms with Crippen molar-refractivity contribution in [1.82, 2.24) is 4.98 Å². The molecule has 1 fully saturated rings. The second-order valence-electron chi connectivity index (χ2n) is 6.31. The van der Waals surface area contributed by atoms with E-state index in [0.29, 0.717) is 52.9 Å². The topological polar surface area (TPSA) is 59.5 Å². The van der Waals surface area contributed by atoms with E-state index >= 15 is 0 Å². The van der Waals surface area contributed by atoms with Crippen LogP contribution in [0.4, 0.5) is 5.69 Å². The van der Waals surface area contributed by atoms with Crippen LogP contribution in [0.1, 0.15) is 0 Å². The fourth-order valence-electron chi connectivity index (χ4n) is 3.21. The number of halogens is 3. The summed E-state index contributed by atoms with van der Waals surface area (Å²) in [5, 5.41) is 1.72. The van der Waals surface area contributed by atoms with Crippen molar-refractivity contribution in [3.63, 3.8) is 0 Å². The van der Waals surface area contributed by atoms with E-state index in [1.807, 2.05) is 4.90 Å². The third-order valence-electron chi connectivity index (χ3n) is 4.59. The van der Waals surface area contributed by atoms with Crippen LogP contribution in [-0.2, 0) is 14.6 Å². The number of rotatable bonds is 3. The van der Waals surface area contributed by atoms with Gasteiger partial charge in [-0.3, -0.25) is 4.98 Å². The molecule has 2 aromatic carbocycles. The highest BCUT2D eigenvalue weighted by molar-refractivity contribution is 7.91. The third-order valence-corrected chi connectivity index (χ3v) is 7.31. The third kappa shape index (κ3) is 3.55. The molecule has 0 atom stereocenters. The quantitative estimate of drug-likeness (QED) is 0.562. The summed E-state index contributed by atoms with van der Waals surface area (Å²) in [5.41, 5.74) is 1.22. The Morgan fingerprint density at radius 2 is 1.71 bits per heavy atom. The van der Waals surface area contributed by atoms with Crippen molar-refractivity contribution < 1.29 is 13.2 Å². The lowest BCUT2D eigenvalue weighted by atomic mass is 10.1. The molecule has 0 unspecified atom stereocenters. The van der Waals surface area contributed by atoms with Gasteiger partial charge in [-0.15, -0.1) is 0 Å². The SMILES string of the molecule is O=S(=O)(c1ccc(Cl)c(Cl)c1)c1cnc2cc(Cl)ccc2c1N1CCOCC1. The molecule has 9 heteroatoms. The van der Waals surface area contributed by atoms with Gasteiger partial charge >= 0.3 is 0 Å². The molecule has 1 saturated heterocycles. The Morgan fingerprint density at radius 1 is 0.964 bits per heavy atom. The minimum absolute atomic E-state index is 0.0616. The maximum atomic E-state index is 13.4. The molecule has 1 aliphatic heterocycles. The summed E-state index contributed by atoms with van der Waals surface area (Å²) < 4.78 is 32.3. The first-order chi connectivity index (χ1) is 13.4. The van der Waals surface area contributed by atoms with E-state index in [2.05, 4.69) is 4.98 Å². The molecule has 0 saturated carbocycles. The number of nitrogens with zero attached hydrogens (tertiary/aromatic N) is 2. The Bertz CT molecular complexity index is 1160. The van der Waals surface area contributed by atoms with Gasteiger partial charge in [-0.2, -0.15) is 0 Å². The average molecular weight is 458 g/mol. The van der Waals surface area contributed by atoms with Crippen LogP contribution in [0, 0.1) is 0 Å². The molecule has 0 amide bonds. The Balaban J connectivity index is 1.97. The van der Waals surface area contributed by atoms with E-state index in [9.17, 15) is 8.42 Å². The molecule has 0 N–H and O–H groups in total. The molecule has 1 aliphatic rings. The Morgan fingerprint density at radius 3 is 2.43 bits per heavy atom. The van der Waals surface area contributed by atoms with E-state index in [-0.39, 0.29) is 14.8 Å². The number of ether oxygens (including phenoxy) is 1. The van der Waals surface area contributed by atoms with Crippen molar-refractivity contribution in [2.45, 2.75) is 9.79 Å². The summed E-state index contributed by atoms with van der Waals surface area (Å²) in [6.45, 7) is 2.19. The minimum atomic E-state index is -3.88. The molecule has 28 heavy (non-hydrogen) atoms. The summed E-state index contributed by atoms with van der Waals surface area (Å²) in [5.74, 6) is 0. The molecule has 0 spiro atoms.